The summed E-state index contributed by atoms with van der Waals surface area (Å²) in [7, 11) is -3.80. The van der Waals surface area contributed by atoms with E-state index < -0.39 is 10.0 Å². The van der Waals surface area contributed by atoms with Gasteiger partial charge in [-0.05, 0) is 56.4 Å². The van der Waals surface area contributed by atoms with Crippen LogP contribution in [-0.2, 0) is 19.6 Å². The van der Waals surface area contributed by atoms with Gasteiger partial charge in [-0.2, -0.15) is 0 Å². The van der Waals surface area contributed by atoms with Crippen molar-refractivity contribution in [1.29, 1.82) is 0 Å². The molecule has 1 aromatic rings. The largest absolute Gasteiger partial charge is 0.378 e. The lowest BCUT2D eigenvalue weighted by molar-refractivity contribution is -0.116. The Morgan fingerprint density at radius 3 is 2.73 bits per heavy atom. The molecule has 0 saturated carbocycles. The van der Waals surface area contributed by atoms with Crippen molar-refractivity contribution in [3.05, 3.63) is 23.3 Å². The van der Waals surface area contributed by atoms with Gasteiger partial charge in [0, 0.05) is 18.7 Å². The number of carbonyl (C=O) groups is 1. The van der Waals surface area contributed by atoms with E-state index in [-0.39, 0.29) is 16.9 Å². The first-order valence-corrected chi connectivity index (χ1v) is 8.87. The molecule has 1 aliphatic heterocycles. The van der Waals surface area contributed by atoms with E-state index in [1.165, 1.54) is 12.1 Å². The smallest absolute Gasteiger partial charge is 0.238 e. The number of nitrogens with one attached hydrogen (secondary N) is 1. The van der Waals surface area contributed by atoms with Crippen LogP contribution in [0, 0.1) is 13.8 Å². The molecule has 1 amide bonds. The maximum atomic E-state index is 12.0. The van der Waals surface area contributed by atoms with Gasteiger partial charge in [0.2, 0.25) is 15.9 Å². The first-order chi connectivity index (χ1) is 10.3. The molecule has 0 aromatic heterocycles. The van der Waals surface area contributed by atoms with Crippen molar-refractivity contribution >= 4 is 21.6 Å². The lowest BCUT2D eigenvalue weighted by atomic mass is 10.1. The minimum Gasteiger partial charge on any atom is -0.378 e. The molecule has 7 heteroatoms. The van der Waals surface area contributed by atoms with Crippen molar-refractivity contribution in [1.82, 2.24) is 0 Å². The predicted molar refractivity (Wildman–Crippen MR) is 84.1 cm³/mol. The number of ether oxygens (including phenoxy) is 1. The Bertz CT molecular complexity index is 664. The van der Waals surface area contributed by atoms with Crippen molar-refractivity contribution in [3.63, 3.8) is 0 Å². The molecule has 0 aliphatic carbocycles. The van der Waals surface area contributed by atoms with E-state index >= 15 is 0 Å². The molecule has 22 heavy (non-hydrogen) atoms. The molecule has 0 spiro atoms. The van der Waals surface area contributed by atoms with Crippen LogP contribution in [0.5, 0.6) is 0 Å². The minimum absolute atomic E-state index is 0.00465. The van der Waals surface area contributed by atoms with Gasteiger partial charge in [0.05, 0.1) is 11.0 Å². The summed E-state index contributed by atoms with van der Waals surface area (Å²) in [5, 5.41) is 7.93. The van der Waals surface area contributed by atoms with Crippen LogP contribution in [0.15, 0.2) is 17.0 Å². The fourth-order valence-corrected chi connectivity index (χ4v) is 3.12. The first-order valence-electron chi connectivity index (χ1n) is 7.33. The second-order valence-corrected chi connectivity index (χ2v) is 7.24. The van der Waals surface area contributed by atoms with Gasteiger partial charge in [0.25, 0.3) is 0 Å². The number of benzene rings is 1. The summed E-state index contributed by atoms with van der Waals surface area (Å²) in [5.74, 6) is -0.149. The standard InChI is InChI=1S/C15H22N2O4S/c1-10-8-13(22(16,19)20)9-14(11(10)2)17-15(18)6-5-12-4-3-7-21-12/h8-9,12H,3-7H2,1-2H3,(H,17,18)(H2,16,19,20). The van der Waals surface area contributed by atoms with Gasteiger partial charge >= 0.3 is 0 Å². The van der Waals surface area contributed by atoms with Crippen LogP contribution >= 0.6 is 0 Å². The van der Waals surface area contributed by atoms with Crippen LogP contribution in [0.4, 0.5) is 5.69 Å². The van der Waals surface area contributed by atoms with Crippen LogP contribution in [0.1, 0.15) is 36.8 Å². The van der Waals surface area contributed by atoms with E-state index in [1.54, 1.807) is 6.92 Å². The summed E-state index contributed by atoms with van der Waals surface area (Å²) >= 11 is 0. The molecule has 0 bridgehead atoms. The van der Waals surface area contributed by atoms with Gasteiger partial charge in [0.1, 0.15) is 0 Å². The summed E-state index contributed by atoms with van der Waals surface area (Å²) in [6.07, 6.45) is 3.22. The zero-order chi connectivity index (χ0) is 16.3. The van der Waals surface area contributed by atoms with Gasteiger partial charge in [-0.15, -0.1) is 0 Å². The zero-order valence-corrected chi connectivity index (χ0v) is 13.7. The molecule has 1 heterocycles. The molecule has 0 radical (unpaired) electrons. The first kappa shape index (κ1) is 16.9. The Labute approximate surface area is 131 Å². The highest BCUT2D eigenvalue weighted by Crippen LogP contribution is 2.24. The van der Waals surface area contributed by atoms with Crippen LogP contribution < -0.4 is 10.5 Å². The van der Waals surface area contributed by atoms with Gasteiger partial charge < -0.3 is 10.1 Å². The number of nitrogens with two attached hydrogens (primary N) is 1. The number of carbonyl (C=O) groups excluding carboxylic acids is 1. The number of sulfonamides is 1. The topological polar surface area (TPSA) is 98.5 Å². The van der Waals surface area contributed by atoms with E-state index in [0.717, 1.165) is 30.6 Å². The molecule has 1 aliphatic rings. The molecule has 3 N–H and O–H groups in total. The quantitative estimate of drug-likeness (QED) is 0.862. The fraction of sp³-hybridized carbons (Fsp3) is 0.533. The Balaban J connectivity index is 2.07. The summed E-state index contributed by atoms with van der Waals surface area (Å²) in [4.78, 5) is 12.1. The highest BCUT2D eigenvalue weighted by molar-refractivity contribution is 7.89. The second-order valence-electron chi connectivity index (χ2n) is 5.68. The van der Waals surface area contributed by atoms with E-state index in [4.69, 9.17) is 9.88 Å². The molecule has 1 saturated heterocycles. The molecular formula is C15H22N2O4S. The molecular weight excluding hydrogens is 304 g/mol. The molecule has 1 unspecified atom stereocenters. The maximum absolute atomic E-state index is 12.0. The molecule has 122 valence electrons. The van der Waals surface area contributed by atoms with Gasteiger partial charge in [-0.1, -0.05) is 0 Å². The molecule has 6 nitrogen and oxygen atoms in total. The number of aryl methyl sites for hydroxylation is 1. The number of hydrogen-bond donors (Lipinski definition) is 2. The molecule has 2 rings (SSSR count). The number of hydrogen-bond acceptors (Lipinski definition) is 4. The Morgan fingerprint density at radius 1 is 1.41 bits per heavy atom. The number of rotatable bonds is 5. The highest BCUT2D eigenvalue weighted by atomic mass is 32.2. The third-order valence-electron chi connectivity index (χ3n) is 3.96. The van der Waals surface area contributed by atoms with Crippen LogP contribution in [0.3, 0.4) is 0 Å². The SMILES string of the molecule is Cc1cc(S(N)(=O)=O)cc(NC(=O)CCC2CCCO2)c1C. The van der Waals surface area contributed by atoms with Crippen molar-refractivity contribution in [3.8, 4) is 0 Å². The van der Waals surface area contributed by atoms with Gasteiger partial charge in [-0.3, -0.25) is 4.79 Å². The van der Waals surface area contributed by atoms with Crippen molar-refractivity contribution < 1.29 is 17.9 Å². The van der Waals surface area contributed by atoms with Gasteiger partial charge in [0.15, 0.2) is 0 Å². The lowest BCUT2D eigenvalue weighted by Gasteiger charge is -2.13. The predicted octanol–water partition coefficient (Wildman–Crippen LogP) is 1.85. The average molecular weight is 326 g/mol. The Morgan fingerprint density at radius 2 is 2.14 bits per heavy atom. The third kappa shape index (κ3) is 4.28. The summed E-state index contributed by atoms with van der Waals surface area (Å²) in [6.45, 7) is 4.38. The normalized spacial score (nSPS) is 18.4. The molecule has 1 aromatic carbocycles. The van der Waals surface area contributed by atoms with Gasteiger partial charge in [-0.25, -0.2) is 13.6 Å². The van der Waals surface area contributed by atoms with Crippen LogP contribution in [0.25, 0.3) is 0 Å². The molecule has 1 atom stereocenters. The average Bonchev–Trinajstić information content (AvgIpc) is 2.93. The lowest BCUT2D eigenvalue weighted by Crippen LogP contribution is -2.17. The van der Waals surface area contributed by atoms with E-state index in [2.05, 4.69) is 5.32 Å². The Hall–Kier alpha value is -1.44. The number of primary sulfonamides is 1. The molecule has 1 fully saturated rings. The van der Waals surface area contributed by atoms with Crippen LogP contribution in [0.2, 0.25) is 0 Å². The Kier molecular flexibility index (Phi) is 5.20. The number of anilines is 1. The zero-order valence-electron chi connectivity index (χ0n) is 12.9. The minimum atomic E-state index is -3.80. The summed E-state index contributed by atoms with van der Waals surface area (Å²) in [6, 6.07) is 2.91. The second kappa shape index (κ2) is 6.76. The van der Waals surface area contributed by atoms with E-state index in [1.807, 2.05) is 6.92 Å². The van der Waals surface area contributed by atoms with Crippen molar-refractivity contribution in [2.75, 3.05) is 11.9 Å². The summed E-state index contributed by atoms with van der Waals surface area (Å²) in [5.41, 5.74) is 2.08. The number of amides is 1. The van der Waals surface area contributed by atoms with Crippen molar-refractivity contribution in [2.24, 2.45) is 5.14 Å². The third-order valence-corrected chi connectivity index (χ3v) is 4.85. The van der Waals surface area contributed by atoms with Crippen LogP contribution in [-0.4, -0.2) is 27.0 Å². The fourth-order valence-electron chi connectivity index (χ4n) is 2.50. The monoisotopic (exact) mass is 326 g/mol. The van der Waals surface area contributed by atoms with E-state index in [0.29, 0.717) is 18.5 Å². The van der Waals surface area contributed by atoms with Crippen molar-refractivity contribution in [2.45, 2.75) is 50.5 Å². The highest BCUT2D eigenvalue weighted by Gasteiger charge is 2.18. The maximum Gasteiger partial charge on any atom is 0.238 e. The summed E-state index contributed by atoms with van der Waals surface area (Å²) < 4.78 is 28.4. The van der Waals surface area contributed by atoms with E-state index in [9.17, 15) is 13.2 Å².